The Labute approximate surface area is 118 Å². The third-order valence-corrected chi connectivity index (χ3v) is 2.56. The van der Waals surface area contributed by atoms with Gasteiger partial charge < -0.3 is 15.8 Å². The van der Waals surface area contributed by atoms with Crippen LogP contribution in [0.4, 0.5) is 30.2 Å². The first-order valence-corrected chi connectivity index (χ1v) is 5.80. The van der Waals surface area contributed by atoms with Crippen molar-refractivity contribution in [2.45, 2.75) is 6.36 Å². The molecule has 0 bridgehead atoms. The van der Waals surface area contributed by atoms with Gasteiger partial charge in [-0.2, -0.15) is 5.26 Å². The highest BCUT2D eigenvalue weighted by Gasteiger charge is 2.32. The summed E-state index contributed by atoms with van der Waals surface area (Å²) in [7, 11) is 0. The number of hydrogen-bond acceptors (Lipinski definition) is 4. The molecule has 21 heavy (non-hydrogen) atoms. The van der Waals surface area contributed by atoms with Crippen LogP contribution in [0, 0.1) is 11.3 Å². The highest BCUT2D eigenvalue weighted by molar-refractivity contribution is 5.70. The van der Waals surface area contributed by atoms with Gasteiger partial charge in [0, 0.05) is 5.69 Å². The summed E-state index contributed by atoms with van der Waals surface area (Å²) in [6.07, 6.45) is -4.78. The van der Waals surface area contributed by atoms with Crippen LogP contribution in [0.2, 0.25) is 0 Å². The second kappa shape index (κ2) is 5.63. The molecule has 0 saturated carbocycles. The molecule has 0 aliphatic heterocycles. The number of nitrogens with two attached hydrogens (primary N) is 1. The summed E-state index contributed by atoms with van der Waals surface area (Å²) in [4.78, 5) is 0. The summed E-state index contributed by atoms with van der Waals surface area (Å²) >= 11 is 0. The number of nitrogen functional groups attached to an aromatic ring is 1. The second-order valence-electron chi connectivity index (χ2n) is 4.08. The third kappa shape index (κ3) is 3.79. The lowest BCUT2D eigenvalue weighted by Gasteiger charge is -2.14. The fourth-order valence-corrected chi connectivity index (χ4v) is 1.68. The number of benzene rings is 2. The van der Waals surface area contributed by atoms with E-state index in [9.17, 15) is 13.2 Å². The molecule has 0 aliphatic carbocycles. The number of para-hydroxylation sites is 2. The van der Waals surface area contributed by atoms with Crippen molar-refractivity contribution >= 4 is 17.1 Å². The maximum Gasteiger partial charge on any atom is 0.573 e. The van der Waals surface area contributed by atoms with Gasteiger partial charge in [-0.25, -0.2) is 0 Å². The summed E-state index contributed by atoms with van der Waals surface area (Å²) < 4.78 is 40.9. The number of nitrogens with one attached hydrogen (secondary N) is 1. The average Bonchev–Trinajstić information content (AvgIpc) is 2.40. The molecule has 0 spiro atoms. The lowest BCUT2D eigenvalue weighted by molar-refractivity contribution is -0.274. The number of nitriles is 1. The van der Waals surface area contributed by atoms with Gasteiger partial charge in [0.25, 0.3) is 0 Å². The van der Waals surface area contributed by atoms with E-state index in [2.05, 4.69) is 10.1 Å². The first kappa shape index (κ1) is 14.5. The number of halogens is 3. The van der Waals surface area contributed by atoms with Gasteiger partial charge in [0.1, 0.15) is 6.07 Å². The standard InChI is InChI=1S/C14H10F3N3O/c15-14(16,17)21-13-4-2-1-3-12(13)20-10-6-5-9(8-18)11(19)7-10/h1-7,20H,19H2. The lowest BCUT2D eigenvalue weighted by Crippen LogP contribution is -2.17. The molecule has 0 saturated heterocycles. The molecule has 0 aliphatic rings. The van der Waals surface area contributed by atoms with Gasteiger partial charge in [-0.3, -0.25) is 0 Å². The highest BCUT2D eigenvalue weighted by Crippen LogP contribution is 2.32. The minimum Gasteiger partial charge on any atom is -0.404 e. The number of alkyl halides is 3. The van der Waals surface area contributed by atoms with Gasteiger partial charge in [-0.05, 0) is 30.3 Å². The third-order valence-electron chi connectivity index (χ3n) is 2.56. The molecule has 2 rings (SSSR count). The zero-order chi connectivity index (χ0) is 15.5. The summed E-state index contributed by atoms with van der Waals surface area (Å²) in [5.74, 6) is -0.354. The fourth-order valence-electron chi connectivity index (χ4n) is 1.68. The Morgan fingerprint density at radius 1 is 1.14 bits per heavy atom. The van der Waals surface area contributed by atoms with Crippen molar-refractivity contribution in [3.8, 4) is 11.8 Å². The van der Waals surface area contributed by atoms with Crippen LogP contribution < -0.4 is 15.8 Å². The summed E-state index contributed by atoms with van der Waals surface area (Å²) in [6.45, 7) is 0. The minimum absolute atomic E-state index is 0.138. The molecule has 0 radical (unpaired) electrons. The number of nitrogens with zero attached hydrogens (tertiary/aromatic N) is 1. The Balaban J connectivity index is 2.28. The van der Waals surface area contributed by atoms with Crippen LogP contribution in [0.25, 0.3) is 0 Å². The molecular weight excluding hydrogens is 283 g/mol. The van der Waals surface area contributed by atoms with Crippen molar-refractivity contribution in [2.75, 3.05) is 11.1 Å². The van der Waals surface area contributed by atoms with Gasteiger partial charge in [-0.1, -0.05) is 12.1 Å². The van der Waals surface area contributed by atoms with E-state index in [0.717, 1.165) is 0 Å². The monoisotopic (exact) mass is 293 g/mol. The molecule has 2 aromatic rings. The molecule has 3 N–H and O–H groups in total. The van der Waals surface area contributed by atoms with E-state index < -0.39 is 6.36 Å². The van der Waals surface area contributed by atoms with Gasteiger partial charge in [-0.15, -0.1) is 13.2 Å². The Morgan fingerprint density at radius 3 is 2.48 bits per heavy atom. The molecule has 0 aromatic heterocycles. The maximum atomic E-state index is 12.3. The summed E-state index contributed by atoms with van der Waals surface area (Å²) in [5, 5.41) is 11.5. The largest absolute Gasteiger partial charge is 0.573 e. The van der Waals surface area contributed by atoms with E-state index in [4.69, 9.17) is 11.0 Å². The van der Waals surface area contributed by atoms with Gasteiger partial charge in [0.05, 0.1) is 16.9 Å². The first-order chi connectivity index (χ1) is 9.89. The fraction of sp³-hybridized carbons (Fsp3) is 0.0714. The zero-order valence-corrected chi connectivity index (χ0v) is 10.6. The maximum absolute atomic E-state index is 12.3. The Morgan fingerprint density at radius 2 is 1.86 bits per heavy atom. The van der Waals surface area contributed by atoms with Crippen LogP contribution in [0.3, 0.4) is 0 Å². The van der Waals surface area contributed by atoms with Crippen LogP contribution >= 0.6 is 0 Å². The average molecular weight is 293 g/mol. The van der Waals surface area contributed by atoms with Crippen molar-refractivity contribution in [1.82, 2.24) is 0 Å². The molecular formula is C14H10F3N3O. The van der Waals surface area contributed by atoms with E-state index in [1.54, 1.807) is 12.1 Å². The molecule has 0 atom stereocenters. The van der Waals surface area contributed by atoms with E-state index in [1.165, 1.54) is 30.3 Å². The molecule has 0 heterocycles. The molecule has 0 fully saturated rings. The van der Waals surface area contributed by atoms with Crippen molar-refractivity contribution in [1.29, 1.82) is 5.26 Å². The van der Waals surface area contributed by atoms with Crippen molar-refractivity contribution < 1.29 is 17.9 Å². The second-order valence-corrected chi connectivity index (χ2v) is 4.08. The molecule has 0 unspecified atom stereocenters. The smallest absolute Gasteiger partial charge is 0.404 e. The summed E-state index contributed by atoms with van der Waals surface area (Å²) in [6, 6.07) is 12.0. The molecule has 2 aromatic carbocycles. The summed E-state index contributed by atoms with van der Waals surface area (Å²) in [5.41, 5.74) is 6.76. The van der Waals surface area contributed by atoms with Crippen LogP contribution in [-0.4, -0.2) is 6.36 Å². The predicted octanol–water partition coefficient (Wildman–Crippen LogP) is 3.78. The molecule has 7 heteroatoms. The van der Waals surface area contributed by atoms with E-state index >= 15 is 0 Å². The van der Waals surface area contributed by atoms with Crippen molar-refractivity contribution in [3.05, 3.63) is 48.0 Å². The number of anilines is 3. The van der Waals surface area contributed by atoms with Crippen molar-refractivity contribution in [3.63, 3.8) is 0 Å². The van der Waals surface area contributed by atoms with E-state index in [-0.39, 0.29) is 17.1 Å². The zero-order valence-electron chi connectivity index (χ0n) is 10.6. The van der Waals surface area contributed by atoms with Crippen LogP contribution in [0.5, 0.6) is 5.75 Å². The number of rotatable bonds is 3. The van der Waals surface area contributed by atoms with Gasteiger partial charge >= 0.3 is 6.36 Å². The highest BCUT2D eigenvalue weighted by atomic mass is 19.4. The lowest BCUT2D eigenvalue weighted by atomic mass is 10.1. The molecule has 108 valence electrons. The van der Waals surface area contributed by atoms with Crippen LogP contribution in [0.15, 0.2) is 42.5 Å². The van der Waals surface area contributed by atoms with E-state index in [1.807, 2.05) is 6.07 Å². The number of ether oxygens (including phenoxy) is 1. The minimum atomic E-state index is -4.78. The molecule has 4 nitrogen and oxygen atoms in total. The number of hydrogen-bond donors (Lipinski definition) is 2. The topological polar surface area (TPSA) is 71.1 Å². The SMILES string of the molecule is N#Cc1ccc(Nc2ccccc2OC(F)(F)F)cc1N. The molecule has 0 amide bonds. The van der Waals surface area contributed by atoms with Crippen LogP contribution in [0.1, 0.15) is 5.56 Å². The first-order valence-electron chi connectivity index (χ1n) is 5.80. The van der Waals surface area contributed by atoms with Crippen molar-refractivity contribution in [2.24, 2.45) is 0 Å². The van der Waals surface area contributed by atoms with Gasteiger partial charge in [0.2, 0.25) is 0 Å². The van der Waals surface area contributed by atoms with Gasteiger partial charge in [0.15, 0.2) is 5.75 Å². The van der Waals surface area contributed by atoms with E-state index in [0.29, 0.717) is 11.3 Å². The normalized spacial score (nSPS) is 10.8. The Bertz CT molecular complexity index is 693. The Hall–Kier alpha value is -2.88. The van der Waals surface area contributed by atoms with Crippen LogP contribution in [-0.2, 0) is 0 Å². The Kier molecular flexibility index (Phi) is 3.89. The predicted molar refractivity (Wildman–Crippen MR) is 72.0 cm³/mol. The quantitative estimate of drug-likeness (QED) is 0.845.